The summed E-state index contributed by atoms with van der Waals surface area (Å²) in [7, 11) is 0. The maximum atomic E-state index is 12.4. The summed E-state index contributed by atoms with van der Waals surface area (Å²) in [5, 5.41) is 14.1. The number of ether oxygens (including phenoxy) is 1. The first-order chi connectivity index (χ1) is 12.8. The number of aromatic hydroxyl groups is 1. The highest BCUT2D eigenvalue weighted by Crippen LogP contribution is 2.38. The van der Waals surface area contributed by atoms with Gasteiger partial charge < -0.3 is 15.2 Å². The second-order valence-corrected chi connectivity index (χ2v) is 7.59. The Morgan fingerprint density at radius 1 is 1.22 bits per heavy atom. The smallest absolute Gasteiger partial charge is 0.237 e. The lowest BCUT2D eigenvalue weighted by atomic mass is 10.0. The van der Waals surface area contributed by atoms with Gasteiger partial charge in [0.25, 0.3) is 0 Å². The van der Waals surface area contributed by atoms with Crippen LogP contribution < -0.4 is 10.1 Å². The number of hydrogen-bond acceptors (Lipinski definition) is 4. The summed E-state index contributed by atoms with van der Waals surface area (Å²) >= 11 is 6.11. The highest BCUT2D eigenvalue weighted by molar-refractivity contribution is 6.30. The first kappa shape index (κ1) is 19.5. The number of carbonyl (C=O) groups excluding carboxylic acids is 1. The third kappa shape index (κ3) is 4.54. The second kappa shape index (κ2) is 8.19. The van der Waals surface area contributed by atoms with Crippen molar-refractivity contribution in [3.63, 3.8) is 0 Å². The molecule has 0 aliphatic carbocycles. The van der Waals surface area contributed by atoms with Crippen LogP contribution in [0.5, 0.6) is 11.5 Å². The zero-order valence-corrected chi connectivity index (χ0v) is 16.6. The molecule has 1 amide bonds. The van der Waals surface area contributed by atoms with E-state index >= 15 is 0 Å². The molecule has 6 heteroatoms. The van der Waals surface area contributed by atoms with Gasteiger partial charge in [-0.1, -0.05) is 23.7 Å². The van der Waals surface area contributed by atoms with E-state index < -0.39 is 0 Å². The fourth-order valence-corrected chi connectivity index (χ4v) is 3.45. The van der Waals surface area contributed by atoms with Crippen LogP contribution in [0.15, 0.2) is 36.4 Å². The monoisotopic (exact) mass is 388 g/mol. The quantitative estimate of drug-likeness (QED) is 0.835. The van der Waals surface area contributed by atoms with Crippen molar-refractivity contribution < 1.29 is 14.6 Å². The van der Waals surface area contributed by atoms with Gasteiger partial charge in [-0.15, -0.1) is 0 Å². The Morgan fingerprint density at radius 2 is 2.00 bits per heavy atom. The molecule has 0 unspecified atom stereocenters. The Labute approximate surface area is 164 Å². The number of benzene rings is 2. The minimum atomic E-state index is -0.293. The number of halogens is 1. The van der Waals surface area contributed by atoms with Crippen LogP contribution in [-0.4, -0.2) is 41.1 Å². The number of nitrogens with zero attached hydrogens (tertiary/aromatic N) is 1. The van der Waals surface area contributed by atoms with E-state index in [1.165, 1.54) is 0 Å². The molecule has 0 radical (unpaired) electrons. The largest absolute Gasteiger partial charge is 0.504 e. The van der Waals surface area contributed by atoms with Crippen LogP contribution in [0.2, 0.25) is 5.02 Å². The molecule has 27 heavy (non-hydrogen) atoms. The molecule has 0 spiro atoms. The number of hydrogen-bond donors (Lipinski definition) is 2. The maximum absolute atomic E-state index is 12.4. The summed E-state index contributed by atoms with van der Waals surface area (Å²) in [5.74, 6) is 0.576. The van der Waals surface area contributed by atoms with Crippen LogP contribution in [0.3, 0.4) is 0 Å². The average molecular weight is 389 g/mol. The summed E-state index contributed by atoms with van der Waals surface area (Å²) < 4.78 is 5.79. The molecule has 0 bridgehead atoms. The first-order valence-corrected chi connectivity index (χ1v) is 9.52. The molecule has 1 heterocycles. The Kier molecular flexibility index (Phi) is 5.92. The topological polar surface area (TPSA) is 61.8 Å². The predicted octanol–water partition coefficient (Wildman–Crippen LogP) is 3.82. The van der Waals surface area contributed by atoms with Gasteiger partial charge in [0.05, 0.1) is 6.04 Å². The van der Waals surface area contributed by atoms with Crippen molar-refractivity contribution in [1.82, 2.24) is 10.2 Å². The number of carbonyl (C=O) groups is 1. The normalized spacial score (nSPS) is 15.6. The van der Waals surface area contributed by atoms with E-state index in [1.807, 2.05) is 51.1 Å². The number of nitrogens with one attached hydrogen (secondary N) is 1. The van der Waals surface area contributed by atoms with Crippen LogP contribution in [-0.2, 0) is 11.3 Å². The summed E-state index contributed by atoms with van der Waals surface area (Å²) in [6.45, 7) is 7.32. The van der Waals surface area contributed by atoms with E-state index in [-0.39, 0.29) is 23.7 Å². The Morgan fingerprint density at radius 3 is 2.70 bits per heavy atom. The van der Waals surface area contributed by atoms with Crippen LogP contribution >= 0.6 is 11.6 Å². The second-order valence-electron chi connectivity index (χ2n) is 7.15. The van der Waals surface area contributed by atoms with Crippen molar-refractivity contribution in [1.29, 1.82) is 0 Å². The molecule has 0 fully saturated rings. The van der Waals surface area contributed by atoms with E-state index in [0.29, 0.717) is 30.5 Å². The molecule has 0 saturated heterocycles. The summed E-state index contributed by atoms with van der Waals surface area (Å²) in [4.78, 5) is 14.5. The van der Waals surface area contributed by atoms with Crippen LogP contribution in [0.1, 0.15) is 26.3 Å². The molecule has 3 rings (SSSR count). The minimum absolute atomic E-state index is 0.0105. The average Bonchev–Trinajstić information content (AvgIpc) is 2.83. The standard InChI is InChI=1S/C21H25ClN2O3/c1-13(2)23-21(26)14(3)24-7-8-27-20-17(12-24)9-16(11-19(20)25)15-5-4-6-18(22)10-15/h4-6,9-11,13-14,25H,7-8,12H2,1-3H3,(H,23,26)/t14-/m1/s1. The number of phenolic OH excluding ortho intramolecular Hbond substituents is 1. The molecular weight excluding hydrogens is 364 g/mol. The number of amides is 1. The zero-order valence-electron chi connectivity index (χ0n) is 15.8. The van der Waals surface area contributed by atoms with E-state index in [1.54, 1.807) is 6.07 Å². The van der Waals surface area contributed by atoms with Crippen molar-refractivity contribution in [2.45, 2.75) is 39.4 Å². The Hall–Kier alpha value is -2.24. The number of fused-ring (bicyclic) bond motifs is 1. The Balaban J connectivity index is 1.91. The molecule has 0 aromatic heterocycles. The van der Waals surface area contributed by atoms with Gasteiger partial charge in [0.2, 0.25) is 5.91 Å². The van der Waals surface area contributed by atoms with E-state index in [9.17, 15) is 9.90 Å². The van der Waals surface area contributed by atoms with Crippen LogP contribution in [0, 0.1) is 0 Å². The van der Waals surface area contributed by atoms with E-state index in [0.717, 1.165) is 16.7 Å². The van der Waals surface area contributed by atoms with Crippen LogP contribution in [0.4, 0.5) is 0 Å². The number of phenols is 1. The van der Waals surface area contributed by atoms with Gasteiger partial charge in [-0.2, -0.15) is 0 Å². The van der Waals surface area contributed by atoms with Gasteiger partial charge in [0.1, 0.15) is 6.61 Å². The molecule has 2 N–H and O–H groups in total. The molecule has 2 aromatic carbocycles. The first-order valence-electron chi connectivity index (χ1n) is 9.14. The van der Waals surface area contributed by atoms with Crippen molar-refractivity contribution in [2.24, 2.45) is 0 Å². The van der Waals surface area contributed by atoms with Gasteiger partial charge in [-0.3, -0.25) is 9.69 Å². The molecule has 1 aliphatic rings. The van der Waals surface area contributed by atoms with Crippen molar-refractivity contribution in [2.75, 3.05) is 13.2 Å². The summed E-state index contributed by atoms with van der Waals surface area (Å²) in [6, 6.07) is 11.0. The SMILES string of the molecule is CC(C)NC(=O)[C@@H](C)N1CCOc2c(O)cc(-c3cccc(Cl)c3)cc2C1. The van der Waals surface area contributed by atoms with Gasteiger partial charge >= 0.3 is 0 Å². The molecule has 1 atom stereocenters. The summed E-state index contributed by atoms with van der Waals surface area (Å²) in [6.07, 6.45) is 0. The van der Waals surface area contributed by atoms with Gasteiger partial charge in [0.15, 0.2) is 11.5 Å². The molecule has 5 nitrogen and oxygen atoms in total. The molecule has 1 aliphatic heterocycles. The molecule has 0 saturated carbocycles. The zero-order chi connectivity index (χ0) is 19.6. The highest BCUT2D eigenvalue weighted by atomic mass is 35.5. The lowest BCUT2D eigenvalue weighted by molar-refractivity contribution is -0.126. The molecular formula is C21H25ClN2O3. The molecule has 2 aromatic rings. The van der Waals surface area contributed by atoms with Crippen LogP contribution in [0.25, 0.3) is 11.1 Å². The lowest BCUT2D eigenvalue weighted by Gasteiger charge is -2.27. The van der Waals surface area contributed by atoms with E-state index in [4.69, 9.17) is 16.3 Å². The van der Waals surface area contributed by atoms with Gasteiger partial charge in [-0.25, -0.2) is 0 Å². The lowest BCUT2D eigenvalue weighted by Crippen LogP contribution is -2.47. The van der Waals surface area contributed by atoms with E-state index in [2.05, 4.69) is 10.2 Å². The Bertz CT molecular complexity index is 838. The van der Waals surface area contributed by atoms with Crippen molar-refractivity contribution in [3.8, 4) is 22.6 Å². The van der Waals surface area contributed by atoms with Crippen molar-refractivity contribution in [3.05, 3.63) is 47.0 Å². The molecule has 144 valence electrons. The van der Waals surface area contributed by atoms with Gasteiger partial charge in [-0.05, 0) is 56.2 Å². The fraction of sp³-hybridized carbons (Fsp3) is 0.381. The maximum Gasteiger partial charge on any atom is 0.237 e. The third-order valence-corrected chi connectivity index (χ3v) is 4.90. The predicted molar refractivity (Wildman–Crippen MR) is 107 cm³/mol. The highest BCUT2D eigenvalue weighted by Gasteiger charge is 2.26. The third-order valence-electron chi connectivity index (χ3n) is 4.66. The number of rotatable bonds is 4. The summed E-state index contributed by atoms with van der Waals surface area (Å²) in [5.41, 5.74) is 2.63. The fourth-order valence-electron chi connectivity index (χ4n) is 3.26. The van der Waals surface area contributed by atoms with Crippen molar-refractivity contribution >= 4 is 17.5 Å². The van der Waals surface area contributed by atoms with Gasteiger partial charge in [0, 0.05) is 29.7 Å². The minimum Gasteiger partial charge on any atom is -0.504 e.